The van der Waals surface area contributed by atoms with Gasteiger partial charge < -0.3 is 14.8 Å². The summed E-state index contributed by atoms with van der Waals surface area (Å²) in [6.07, 6.45) is 4.66. The summed E-state index contributed by atoms with van der Waals surface area (Å²) in [5.74, 6) is -0.435. The lowest BCUT2D eigenvalue weighted by Crippen LogP contribution is -2.03. The van der Waals surface area contributed by atoms with Crippen LogP contribution in [0.25, 0.3) is 0 Å². The molecule has 82 valence electrons. The third kappa shape index (κ3) is 2.38. The van der Waals surface area contributed by atoms with Gasteiger partial charge in [0.15, 0.2) is 0 Å². The first-order valence-electron chi connectivity index (χ1n) is 4.70. The van der Waals surface area contributed by atoms with Crippen LogP contribution in [0.15, 0.2) is 41.3 Å². The fourth-order valence-corrected chi connectivity index (χ4v) is 1.25. The first kappa shape index (κ1) is 10.2. The molecule has 0 aliphatic heterocycles. The van der Waals surface area contributed by atoms with Crippen LogP contribution in [0.1, 0.15) is 15.9 Å². The minimum absolute atomic E-state index is 0.213. The maximum atomic E-state index is 10.7. The number of furan rings is 1. The number of anilines is 1. The van der Waals surface area contributed by atoms with Crippen LogP contribution < -0.4 is 5.32 Å². The predicted octanol–water partition coefficient (Wildman–Crippen LogP) is 1.98. The third-order valence-corrected chi connectivity index (χ3v) is 2.06. The zero-order chi connectivity index (χ0) is 11.4. The number of aromatic carboxylic acids is 1. The van der Waals surface area contributed by atoms with Crippen LogP contribution in [0.4, 0.5) is 5.82 Å². The average molecular weight is 218 g/mol. The SMILES string of the molecule is O=C(O)c1ccnc(NCc2ccoc2)c1. The molecule has 2 N–H and O–H groups in total. The molecule has 16 heavy (non-hydrogen) atoms. The number of nitrogens with one attached hydrogen (secondary N) is 1. The van der Waals surface area contributed by atoms with Gasteiger partial charge in [0.05, 0.1) is 18.1 Å². The summed E-state index contributed by atoms with van der Waals surface area (Å²) in [5, 5.41) is 11.8. The number of carbonyl (C=O) groups is 1. The average Bonchev–Trinajstić information content (AvgIpc) is 2.79. The van der Waals surface area contributed by atoms with Crippen molar-refractivity contribution in [3.8, 4) is 0 Å². The van der Waals surface area contributed by atoms with Gasteiger partial charge in [0.1, 0.15) is 5.82 Å². The molecule has 0 amide bonds. The third-order valence-electron chi connectivity index (χ3n) is 2.06. The molecular weight excluding hydrogens is 208 g/mol. The standard InChI is InChI=1S/C11H10N2O3/c14-11(15)9-1-3-12-10(5-9)13-6-8-2-4-16-7-8/h1-5,7H,6H2,(H,12,13)(H,14,15). The number of hydrogen-bond donors (Lipinski definition) is 2. The molecule has 0 bridgehead atoms. The molecule has 0 saturated heterocycles. The number of carboxylic acid groups (broad SMARTS) is 1. The zero-order valence-corrected chi connectivity index (χ0v) is 8.38. The normalized spacial score (nSPS) is 10.0. The van der Waals surface area contributed by atoms with Crippen LogP contribution in [0.5, 0.6) is 0 Å². The second-order valence-electron chi connectivity index (χ2n) is 3.22. The van der Waals surface area contributed by atoms with E-state index in [0.29, 0.717) is 12.4 Å². The molecule has 0 saturated carbocycles. The number of pyridine rings is 1. The van der Waals surface area contributed by atoms with Gasteiger partial charge in [-0.3, -0.25) is 0 Å². The van der Waals surface area contributed by atoms with E-state index in [2.05, 4.69) is 10.3 Å². The van der Waals surface area contributed by atoms with Gasteiger partial charge in [-0.1, -0.05) is 0 Å². The molecule has 0 radical (unpaired) electrons. The molecule has 0 aromatic carbocycles. The molecule has 2 heterocycles. The lowest BCUT2D eigenvalue weighted by Gasteiger charge is -2.03. The van der Waals surface area contributed by atoms with Gasteiger partial charge in [0, 0.05) is 18.3 Å². The van der Waals surface area contributed by atoms with E-state index in [1.54, 1.807) is 12.5 Å². The second-order valence-corrected chi connectivity index (χ2v) is 3.22. The summed E-state index contributed by atoms with van der Waals surface area (Å²) in [5.41, 5.74) is 1.19. The van der Waals surface area contributed by atoms with Crippen molar-refractivity contribution in [1.29, 1.82) is 0 Å². The minimum Gasteiger partial charge on any atom is -0.478 e. The van der Waals surface area contributed by atoms with E-state index >= 15 is 0 Å². The van der Waals surface area contributed by atoms with E-state index in [-0.39, 0.29) is 5.56 Å². The highest BCUT2D eigenvalue weighted by Crippen LogP contribution is 2.09. The Morgan fingerprint density at radius 3 is 3.06 bits per heavy atom. The number of nitrogens with zero attached hydrogens (tertiary/aromatic N) is 1. The van der Waals surface area contributed by atoms with Gasteiger partial charge in [0.25, 0.3) is 0 Å². The second kappa shape index (κ2) is 4.48. The van der Waals surface area contributed by atoms with Crippen LogP contribution in [0.2, 0.25) is 0 Å². The van der Waals surface area contributed by atoms with Crippen molar-refractivity contribution in [2.45, 2.75) is 6.54 Å². The van der Waals surface area contributed by atoms with Crippen molar-refractivity contribution in [1.82, 2.24) is 4.98 Å². The smallest absolute Gasteiger partial charge is 0.335 e. The van der Waals surface area contributed by atoms with E-state index in [4.69, 9.17) is 9.52 Å². The van der Waals surface area contributed by atoms with Gasteiger partial charge in [-0.05, 0) is 18.2 Å². The Kier molecular flexibility index (Phi) is 2.86. The summed E-state index contributed by atoms with van der Waals surface area (Å²) in [6.45, 7) is 0.548. The van der Waals surface area contributed by atoms with Crippen LogP contribution in [0, 0.1) is 0 Å². The van der Waals surface area contributed by atoms with Crippen LogP contribution >= 0.6 is 0 Å². The lowest BCUT2D eigenvalue weighted by atomic mass is 10.2. The van der Waals surface area contributed by atoms with Crippen molar-refractivity contribution in [2.24, 2.45) is 0 Å². The topological polar surface area (TPSA) is 75.4 Å². The fourth-order valence-electron chi connectivity index (χ4n) is 1.25. The van der Waals surface area contributed by atoms with E-state index < -0.39 is 5.97 Å². The van der Waals surface area contributed by atoms with Gasteiger partial charge in [0.2, 0.25) is 0 Å². The Labute approximate surface area is 91.7 Å². The van der Waals surface area contributed by atoms with E-state index in [1.165, 1.54) is 18.3 Å². The van der Waals surface area contributed by atoms with E-state index in [0.717, 1.165) is 5.56 Å². The van der Waals surface area contributed by atoms with Crippen molar-refractivity contribution in [3.05, 3.63) is 48.0 Å². The number of aromatic nitrogens is 1. The lowest BCUT2D eigenvalue weighted by molar-refractivity contribution is 0.0697. The van der Waals surface area contributed by atoms with Gasteiger partial charge in [-0.2, -0.15) is 0 Å². The fraction of sp³-hybridized carbons (Fsp3) is 0.0909. The number of rotatable bonds is 4. The largest absolute Gasteiger partial charge is 0.478 e. The van der Waals surface area contributed by atoms with Crippen molar-refractivity contribution < 1.29 is 14.3 Å². The van der Waals surface area contributed by atoms with Crippen LogP contribution in [0.3, 0.4) is 0 Å². The molecule has 0 unspecified atom stereocenters. The number of hydrogen-bond acceptors (Lipinski definition) is 4. The Bertz CT molecular complexity index is 480. The van der Waals surface area contributed by atoms with Crippen molar-refractivity contribution in [3.63, 3.8) is 0 Å². The molecule has 0 aliphatic rings. The first-order valence-corrected chi connectivity index (χ1v) is 4.70. The molecule has 0 spiro atoms. The Morgan fingerprint density at radius 2 is 2.38 bits per heavy atom. The summed E-state index contributed by atoms with van der Waals surface area (Å²) in [6, 6.07) is 4.77. The van der Waals surface area contributed by atoms with Crippen LogP contribution in [-0.2, 0) is 6.54 Å². The summed E-state index contributed by atoms with van der Waals surface area (Å²) < 4.78 is 4.91. The molecular formula is C11H10N2O3. The molecule has 2 aromatic rings. The van der Waals surface area contributed by atoms with E-state index in [1.807, 2.05) is 6.07 Å². The molecule has 2 aromatic heterocycles. The molecule has 2 rings (SSSR count). The Morgan fingerprint density at radius 1 is 1.50 bits per heavy atom. The maximum Gasteiger partial charge on any atom is 0.335 e. The minimum atomic E-state index is -0.964. The summed E-state index contributed by atoms with van der Waals surface area (Å²) in [7, 11) is 0. The first-order chi connectivity index (χ1) is 7.75. The summed E-state index contributed by atoms with van der Waals surface area (Å²) >= 11 is 0. The van der Waals surface area contributed by atoms with Crippen LogP contribution in [-0.4, -0.2) is 16.1 Å². The highest BCUT2D eigenvalue weighted by molar-refractivity contribution is 5.88. The molecule has 0 atom stereocenters. The number of carboxylic acids is 1. The highest BCUT2D eigenvalue weighted by Gasteiger charge is 2.03. The summed E-state index contributed by atoms with van der Waals surface area (Å²) in [4.78, 5) is 14.7. The molecule has 5 nitrogen and oxygen atoms in total. The Balaban J connectivity index is 2.04. The van der Waals surface area contributed by atoms with Gasteiger partial charge >= 0.3 is 5.97 Å². The molecule has 0 aliphatic carbocycles. The molecule has 5 heteroatoms. The highest BCUT2D eigenvalue weighted by atomic mass is 16.4. The predicted molar refractivity (Wildman–Crippen MR) is 57.2 cm³/mol. The molecule has 0 fully saturated rings. The zero-order valence-electron chi connectivity index (χ0n) is 8.38. The van der Waals surface area contributed by atoms with Crippen molar-refractivity contribution >= 4 is 11.8 Å². The Hall–Kier alpha value is -2.30. The monoisotopic (exact) mass is 218 g/mol. The van der Waals surface area contributed by atoms with Gasteiger partial charge in [-0.15, -0.1) is 0 Å². The quantitative estimate of drug-likeness (QED) is 0.820. The van der Waals surface area contributed by atoms with Crippen molar-refractivity contribution in [2.75, 3.05) is 5.32 Å². The maximum absolute atomic E-state index is 10.7. The van der Waals surface area contributed by atoms with E-state index in [9.17, 15) is 4.79 Å². The van der Waals surface area contributed by atoms with Gasteiger partial charge in [-0.25, -0.2) is 9.78 Å².